The molecule has 4 rings (SSSR count). The van der Waals surface area contributed by atoms with Crippen molar-refractivity contribution >= 4 is 16.9 Å². The fraction of sp³-hybridized carbons (Fsp3) is 0.316. The number of H-pyrrole nitrogens is 1. The molecule has 0 unspecified atom stereocenters. The van der Waals surface area contributed by atoms with E-state index in [9.17, 15) is 9.18 Å². The monoisotopic (exact) mass is 353 g/mol. The predicted molar refractivity (Wildman–Crippen MR) is 98.6 cm³/mol. The summed E-state index contributed by atoms with van der Waals surface area (Å²) < 4.78 is 13.3. The van der Waals surface area contributed by atoms with Crippen LogP contribution >= 0.6 is 0 Å². The Morgan fingerprint density at radius 2 is 2.12 bits per heavy atom. The van der Waals surface area contributed by atoms with Crippen molar-refractivity contribution in [1.29, 1.82) is 0 Å². The van der Waals surface area contributed by atoms with E-state index in [0.717, 1.165) is 37.6 Å². The Bertz CT molecular complexity index is 959. The van der Waals surface area contributed by atoms with Gasteiger partial charge in [0.2, 0.25) is 5.95 Å². The summed E-state index contributed by atoms with van der Waals surface area (Å²) in [4.78, 5) is 26.2. The van der Waals surface area contributed by atoms with Crippen molar-refractivity contribution in [3.8, 4) is 0 Å². The zero-order chi connectivity index (χ0) is 17.9. The summed E-state index contributed by atoms with van der Waals surface area (Å²) in [6.07, 6.45) is 5.62. The highest BCUT2D eigenvalue weighted by Gasteiger charge is 2.21. The lowest BCUT2D eigenvalue weighted by molar-refractivity contribution is 0.416. The summed E-state index contributed by atoms with van der Waals surface area (Å²) in [5, 5.41) is 3.87. The summed E-state index contributed by atoms with van der Waals surface area (Å²) in [7, 11) is 0. The van der Waals surface area contributed by atoms with E-state index in [2.05, 4.69) is 25.2 Å². The quantitative estimate of drug-likeness (QED) is 0.752. The van der Waals surface area contributed by atoms with Crippen molar-refractivity contribution in [3.05, 3.63) is 64.5 Å². The maximum atomic E-state index is 13.3. The maximum absolute atomic E-state index is 13.3. The third-order valence-corrected chi connectivity index (χ3v) is 4.69. The average molecular weight is 353 g/mol. The molecule has 0 bridgehead atoms. The standard InChI is InChI=1S/C19H20FN5O/c20-13-4-5-17-16(9-13)18(26)10-15(24-17)11-23-14-3-1-8-25(12-14)19-21-6-2-7-22-19/h2,4-7,9-10,14,23H,1,3,8,11-12H2,(H,24,26)/t14-/m0/s1. The van der Waals surface area contributed by atoms with Gasteiger partial charge in [-0.05, 0) is 37.1 Å². The minimum absolute atomic E-state index is 0.169. The Hall–Kier alpha value is -2.80. The number of hydrogen-bond donors (Lipinski definition) is 2. The molecule has 0 saturated carbocycles. The summed E-state index contributed by atoms with van der Waals surface area (Å²) in [6.45, 7) is 2.32. The molecule has 1 fully saturated rings. The second kappa shape index (κ2) is 7.21. The number of nitrogens with zero attached hydrogens (tertiary/aromatic N) is 3. The van der Waals surface area contributed by atoms with Crippen LogP contribution in [0.25, 0.3) is 10.9 Å². The molecule has 1 aliphatic rings. The van der Waals surface area contributed by atoms with E-state index in [1.54, 1.807) is 18.5 Å². The van der Waals surface area contributed by atoms with Gasteiger partial charge in [-0.3, -0.25) is 4.79 Å². The van der Waals surface area contributed by atoms with Crippen LogP contribution in [0.4, 0.5) is 10.3 Å². The van der Waals surface area contributed by atoms with Gasteiger partial charge in [0.25, 0.3) is 0 Å². The highest BCUT2D eigenvalue weighted by molar-refractivity contribution is 5.78. The number of hydrogen-bond acceptors (Lipinski definition) is 5. The molecule has 1 atom stereocenters. The average Bonchev–Trinajstić information content (AvgIpc) is 2.68. The van der Waals surface area contributed by atoms with Crippen LogP contribution in [0, 0.1) is 5.82 Å². The van der Waals surface area contributed by atoms with Crippen molar-refractivity contribution in [2.75, 3.05) is 18.0 Å². The van der Waals surface area contributed by atoms with Crippen LogP contribution in [0.3, 0.4) is 0 Å². The molecule has 0 aliphatic carbocycles. The molecule has 1 saturated heterocycles. The molecule has 2 N–H and O–H groups in total. The topological polar surface area (TPSA) is 73.9 Å². The second-order valence-corrected chi connectivity index (χ2v) is 6.56. The third kappa shape index (κ3) is 3.57. The number of piperidine rings is 1. The van der Waals surface area contributed by atoms with Gasteiger partial charge in [0.1, 0.15) is 5.82 Å². The number of anilines is 1. The van der Waals surface area contributed by atoms with Crippen LogP contribution in [0.5, 0.6) is 0 Å². The fourth-order valence-electron chi connectivity index (χ4n) is 3.40. The van der Waals surface area contributed by atoms with E-state index in [1.165, 1.54) is 18.2 Å². The number of fused-ring (bicyclic) bond motifs is 1. The molecule has 2 aromatic heterocycles. The number of aromatic amines is 1. The molecule has 6 nitrogen and oxygen atoms in total. The molecule has 7 heteroatoms. The van der Waals surface area contributed by atoms with Crippen LogP contribution < -0.4 is 15.6 Å². The Morgan fingerprint density at radius 3 is 2.96 bits per heavy atom. The van der Waals surface area contributed by atoms with Gasteiger partial charge < -0.3 is 15.2 Å². The van der Waals surface area contributed by atoms with Crippen molar-refractivity contribution in [2.45, 2.75) is 25.4 Å². The van der Waals surface area contributed by atoms with Gasteiger partial charge in [0.15, 0.2) is 5.43 Å². The van der Waals surface area contributed by atoms with Crippen LogP contribution in [-0.4, -0.2) is 34.1 Å². The SMILES string of the molecule is O=c1cc(CN[C@H]2CCCN(c3ncccn3)C2)[nH]c2ccc(F)cc12. The van der Waals surface area contributed by atoms with E-state index >= 15 is 0 Å². The number of pyridine rings is 1. The Morgan fingerprint density at radius 1 is 1.27 bits per heavy atom. The molecular formula is C19H20FN5O. The lowest BCUT2D eigenvalue weighted by atomic mass is 10.1. The van der Waals surface area contributed by atoms with Gasteiger partial charge in [-0.25, -0.2) is 14.4 Å². The van der Waals surface area contributed by atoms with Gasteiger partial charge in [-0.15, -0.1) is 0 Å². The first-order chi connectivity index (χ1) is 12.7. The van der Waals surface area contributed by atoms with E-state index in [-0.39, 0.29) is 5.43 Å². The van der Waals surface area contributed by atoms with Gasteiger partial charge in [-0.1, -0.05) is 0 Å². The smallest absolute Gasteiger partial charge is 0.225 e. The van der Waals surface area contributed by atoms with Crippen molar-refractivity contribution in [3.63, 3.8) is 0 Å². The number of halogens is 1. The molecular weight excluding hydrogens is 333 g/mol. The molecule has 1 aromatic carbocycles. The Balaban J connectivity index is 1.44. The number of nitrogens with one attached hydrogen (secondary N) is 2. The fourth-order valence-corrected chi connectivity index (χ4v) is 3.40. The lowest BCUT2D eigenvalue weighted by Crippen LogP contribution is -2.46. The van der Waals surface area contributed by atoms with E-state index in [0.29, 0.717) is 23.5 Å². The first kappa shape index (κ1) is 16.7. The number of rotatable bonds is 4. The third-order valence-electron chi connectivity index (χ3n) is 4.69. The zero-order valence-electron chi connectivity index (χ0n) is 14.3. The largest absolute Gasteiger partial charge is 0.357 e. The number of benzene rings is 1. The Kier molecular flexibility index (Phi) is 4.62. The van der Waals surface area contributed by atoms with Crippen molar-refractivity contribution in [2.24, 2.45) is 0 Å². The summed E-state index contributed by atoms with van der Waals surface area (Å²) >= 11 is 0. The molecule has 26 heavy (non-hydrogen) atoms. The highest BCUT2D eigenvalue weighted by Crippen LogP contribution is 2.16. The normalized spacial score (nSPS) is 17.6. The van der Waals surface area contributed by atoms with Crippen molar-refractivity contribution in [1.82, 2.24) is 20.3 Å². The van der Waals surface area contributed by atoms with E-state index < -0.39 is 5.82 Å². The number of aromatic nitrogens is 3. The van der Waals surface area contributed by atoms with E-state index in [1.807, 2.05) is 6.07 Å². The lowest BCUT2D eigenvalue weighted by Gasteiger charge is -2.33. The molecule has 3 aromatic rings. The summed E-state index contributed by atoms with van der Waals surface area (Å²) in [6, 6.07) is 7.87. The van der Waals surface area contributed by atoms with Crippen molar-refractivity contribution < 1.29 is 4.39 Å². The summed E-state index contributed by atoms with van der Waals surface area (Å²) in [5.41, 5.74) is 1.28. The highest BCUT2D eigenvalue weighted by atomic mass is 19.1. The van der Waals surface area contributed by atoms with Crippen LogP contribution in [0.1, 0.15) is 18.5 Å². The van der Waals surface area contributed by atoms with Gasteiger partial charge in [-0.2, -0.15) is 0 Å². The summed E-state index contributed by atoms with van der Waals surface area (Å²) in [5.74, 6) is 0.347. The van der Waals surface area contributed by atoms with E-state index in [4.69, 9.17) is 0 Å². The molecule has 0 amide bonds. The van der Waals surface area contributed by atoms with Gasteiger partial charge >= 0.3 is 0 Å². The molecule has 1 aliphatic heterocycles. The Labute approximate surface area is 150 Å². The van der Waals surface area contributed by atoms with Crippen LogP contribution in [0.15, 0.2) is 47.5 Å². The van der Waals surface area contributed by atoms with Gasteiger partial charge in [0, 0.05) is 60.7 Å². The minimum Gasteiger partial charge on any atom is -0.357 e. The van der Waals surface area contributed by atoms with Crippen LogP contribution in [0.2, 0.25) is 0 Å². The maximum Gasteiger partial charge on any atom is 0.225 e. The van der Waals surface area contributed by atoms with Crippen LogP contribution in [-0.2, 0) is 6.54 Å². The molecule has 3 heterocycles. The predicted octanol–water partition coefficient (Wildman–Crippen LogP) is 2.22. The zero-order valence-corrected chi connectivity index (χ0v) is 14.3. The van der Waals surface area contributed by atoms with Gasteiger partial charge in [0.05, 0.1) is 0 Å². The molecule has 0 radical (unpaired) electrons. The minimum atomic E-state index is -0.403. The first-order valence-corrected chi connectivity index (χ1v) is 8.76. The second-order valence-electron chi connectivity index (χ2n) is 6.56. The molecule has 0 spiro atoms. The molecule has 134 valence electrons. The first-order valence-electron chi connectivity index (χ1n) is 8.76.